The maximum atomic E-state index is 11.2. The minimum Gasteiger partial charge on any atom is -0.469 e. The lowest BCUT2D eigenvalue weighted by atomic mass is 10.0. The fourth-order valence-corrected chi connectivity index (χ4v) is 3.36. The van der Waals surface area contributed by atoms with Crippen molar-refractivity contribution in [3.05, 3.63) is 66.9 Å². The molecule has 0 fully saturated rings. The topological polar surface area (TPSA) is 55.3 Å². The molecule has 0 atom stereocenters. The van der Waals surface area contributed by atoms with Gasteiger partial charge >= 0.3 is 5.97 Å². The molecule has 0 radical (unpaired) electrons. The number of carbonyl (C=O) groups excluding carboxylic acids is 1. The van der Waals surface area contributed by atoms with E-state index in [1.54, 1.807) is 0 Å². The molecule has 0 saturated carbocycles. The van der Waals surface area contributed by atoms with Crippen molar-refractivity contribution in [1.82, 2.24) is 9.97 Å². The SMILES string of the molecule is COC(=O)CCCCCCN(C)c1cnc(-c2ccccc2)c(-c2ccccc2)n1. The van der Waals surface area contributed by atoms with Gasteiger partial charge in [-0.15, -0.1) is 0 Å². The van der Waals surface area contributed by atoms with E-state index in [1.165, 1.54) is 7.11 Å². The van der Waals surface area contributed by atoms with Gasteiger partial charge in [0, 0.05) is 31.1 Å². The summed E-state index contributed by atoms with van der Waals surface area (Å²) in [4.78, 5) is 23.1. The van der Waals surface area contributed by atoms with Gasteiger partial charge < -0.3 is 9.64 Å². The van der Waals surface area contributed by atoms with Gasteiger partial charge in [0.2, 0.25) is 0 Å². The van der Waals surface area contributed by atoms with E-state index in [0.717, 1.165) is 60.6 Å². The Balaban J connectivity index is 1.69. The molecular formula is C25H29N3O2. The highest BCUT2D eigenvalue weighted by atomic mass is 16.5. The Labute approximate surface area is 178 Å². The van der Waals surface area contributed by atoms with Crippen LogP contribution in [0.2, 0.25) is 0 Å². The second-order valence-corrected chi connectivity index (χ2v) is 7.32. The van der Waals surface area contributed by atoms with Gasteiger partial charge in [-0.25, -0.2) is 4.98 Å². The van der Waals surface area contributed by atoms with Crippen molar-refractivity contribution in [2.45, 2.75) is 32.1 Å². The van der Waals surface area contributed by atoms with Crippen molar-refractivity contribution in [2.24, 2.45) is 0 Å². The second kappa shape index (κ2) is 11.1. The van der Waals surface area contributed by atoms with Crippen LogP contribution in [0.15, 0.2) is 66.9 Å². The van der Waals surface area contributed by atoms with Crippen LogP contribution >= 0.6 is 0 Å². The first kappa shape index (κ1) is 21.5. The lowest BCUT2D eigenvalue weighted by Crippen LogP contribution is -2.20. The van der Waals surface area contributed by atoms with E-state index in [9.17, 15) is 4.79 Å². The van der Waals surface area contributed by atoms with Gasteiger partial charge in [-0.05, 0) is 12.8 Å². The van der Waals surface area contributed by atoms with Crippen molar-refractivity contribution >= 4 is 11.8 Å². The molecule has 0 aliphatic rings. The number of rotatable bonds is 10. The molecule has 1 heterocycles. The number of hydrogen-bond acceptors (Lipinski definition) is 5. The average molecular weight is 404 g/mol. The van der Waals surface area contributed by atoms with Crippen LogP contribution in [0.3, 0.4) is 0 Å². The Morgan fingerprint density at radius 1 is 0.867 bits per heavy atom. The molecule has 5 heteroatoms. The van der Waals surface area contributed by atoms with E-state index in [4.69, 9.17) is 9.97 Å². The van der Waals surface area contributed by atoms with Gasteiger partial charge in [0.15, 0.2) is 0 Å². The standard InChI is InChI=1S/C25H29N3O2/c1-28(18-12-4-3-11-17-23(29)30-2)22-19-26-24(20-13-7-5-8-14-20)25(27-22)21-15-9-6-10-16-21/h5-10,13-16,19H,3-4,11-12,17-18H2,1-2H3. The van der Waals surface area contributed by atoms with Gasteiger partial charge in [-0.1, -0.05) is 73.5 Å². The fraction of sp³-hybridized carbons (Fsp3) is 0.320. The largest absolute Gasteiger partial charge is 0.469 e. The number of esters is 1. The predicted molar refractivity (Wildman–Crippen MR) is 121 cm³/mol. The van der Waals surface area contributed by atoms with Crippen LogP contribution in [0.1, 0.15) is 32.1 Å². The summed E-state index contributed by atoms with van der Waals surface area (Å²) in [7, 11) is 3.49. The Kier molecular flexibility index (Phi) is 7.95. The van der Waals surface area contributed by atoms with Crippen molar-refractivity contribution in [3.63, 3.8) is 0 Å². The van der Waals surface area contributed by atoms with Gasteiger partial charge in [0.25, 0.3) is 0 Å². The van der Waals surface area contributed by atoms with Crippen molar-refractivity contribution in [3.8, 4) is 22.5 Å². The summed E-state index contributed by atoms with van der Waals surface area (Å²) in [6, 6.07) is 20.4. The number of hydrogen-bond donors (Lipinski definition) is 0. The first-order valence-electron chi connectivity index (χ1n) is 10.4. The summed E-state index contributed by atoms with van der Waals surface area (Å²) in [5.41, 5.74) is 3.90. The molecule has 0 amide bonds. The quantitative estimate of drug-likeness (QED) is 0.336. The second-order valence-electron chi connectivity index (χ2n) is 7.32. The van der Waals surface area contributed by atoms with Crippen LogP contribution in [-0.2, 0) is 9.53 Å². The third kappa shape index (κ3) is 5.89. The number of unbranched alkanes of at least 4 members (excludes halogenated alkanes) is 3. The predicted octanol–water partition coefficient (Wildman–Crippen LogP) is 5.37. The van der Waals surface area contributed by atoms with Gasteiger partial charge in [0.05, 0.1) is 24.7 Å². The highest BCUT2D eigenvalue weighted by Crippen LogP contribution is 2.30. The fourth-order valence-electron chi connectivity index (χ4n) is 3.36. The lowest BCUT2D eigenvalue weighted by molar-refractivity contribution is -0.140. The Morgan fingerprint density at radius 3 is 2.10 bits per heavy atom. The van der Waals surface area contributed by atoms with Crippen molar-refractivity contribution in [2.75, 3.05) is 25.6 Å². The highest BCUT2D eigenvalue weighted by molar-refractivity contribution is 5.78. The maximum Gasteiger partial charge on any atom is 0.305 e. The molecule has 1 aromatic heterocycles. The van der Waals surface area contributed by atoms with Gasteiger partial charge in [-0.2, -0.15) is 0 Å². The van der Waals surface area contributed by atoms with Crippen LogP contribution in [0.4, 0.5) is 5.82 Å². The first-order chi connectivity index (χ1) is 14.7. The molecular weight excluding hydrogens is 374 g/mol. The number of anilines is 1. The Morgan fingerprint density at radius 2 is 1.47 bits per heavy atom. The molecule has 30 heavy (non-hydrogen) atoms. The number of benzene rings is 2. The van der Waals surface area contributed by atoms with E-state index in [2.05, 4.69) is 40.9 Å². The average Bonchev–Trinajstić information content (AvgIpc) is 2.81. The summed E-state index contributed by atoms with van der Waals surface area (Å²) < 4.78 is 4.68. The molecule has 3 aromatic rings. The van der Waals surface area contributed by atoms with E-state index in [-0.39, 0.29) is 5.97 Å². The zero-order valence-corrected chi connectivity index (χ0v) is 17.8. The minimum absolute atomic E-state index is 0.130. The maximum absolute atomic E-state index is 11.2. The van der Waals surface area contributed by atoms with Crippen molar-refractivity contribution in [1.29, 1.82) is 0 Å². The molecule has 0 aliphatic carbocycles. The minimum atomic E-state index is -0.130. The molecule has 0 aliphatic heterocycles. The van der Waals surface area contributed by atoms with Gasteiger partial charge in [0.1, 0.15) is 5.82 Å². The molecule has 0 unspecified atom stereocenters. The monoisotopic (exact) mass is 403 g/mol. The van der Waals surface area contributed by atoms with Crippen LogP contribution in [0, 0.1) is 0 Å². The molecule has 0 N–H and O–H groups in total. The van der Waals surface area contributed by atoms with Crippen LogP contribution in [-0.4, -0.2) is 36.6 Å². The zero-order valence-electron chi connectivity index (χ0n) is 17.8. The number of carbonyl (C=O) groups is 1. The zero-order chi connectivity index (χ0) is 21.2. The third-order valence-corrected chi connectivity index (χ3v) is 5.10. The Bertz CT molecular complexity index is 930. The first-order valence-corrected chi connectivity index (χ1v) is 10.4. The van der Waals surface area contributed by atoms with E-state index in [0.29, 0.717) is 6.42 Å². The summed E-state index contributed by atoms with van der Waals surface area (Å²) >= 11 is 0. The molecule has 2 aromatic carbocycles. The smallest absolute Gasteiger partial charge is 0.305 e. The van der Waals surface area contributed by atoms with E-state index in [1.807, 2.05) is 42.6 Å². The lowest BCUT2D eigenvalue weighted by Gasteiger charge is -2.20. The summed E-state index contributed by atoms with van der Waals surface area (Å²) in [6.07, 6.45) is 6.37. The summed E-state index contributed by atoms with van der Waals surface area (Å²) in [6.45, 7) is 0.895. The Hall–Kier alpha value is -3.21. The van der Waals surface area contributed by atoms with Crippen LogP contribution in [0.5, 0.6) is 0 Å². The highest BCUT2D eigenvalue weighted by Gasteiger charge is 2.13. The summed E-state index contributed by atoms with van der Waals surface area (Å²) in [5.74, 6) is 0.734. The molecule has 0 bridgehead atoms. The molecule has 156 valence electrons. The van der Waals surface area contributed by atoms with Gasteiger partial charge in [-0.3, -0.25) is 9.78 Å². The summed E-state index contributed by atoms with van der Waals surface area (Å²) in [5, 5.41) is 0. The van der Waals surface area contributed by atoms with Crippen LogP contribution < -0.4 is 4.90 Å². The molecule has 3 rings (SSSR count). The van der Waals surface area contributed by atoms with E-state index >= 15 is 0 Å². The number of nitrogens with zero attached hydrogens (tertiary/aromatic N) is 3. The van der Waals surface area contributed by atoms with Crippen molar-refractivity contribution < 1.29 is 9.53 Å². The molecule has 0 spiro atoms. The number of methoxy groups -OCH3 is 1. The normalized spacial score (nSPS) is 10.6. The third-order valence-electron chi connectivity index (χ3n) is 5.10. The number of aromatic nitrogens is 2. The molecule has 0 saturated heterocycles. The molecule has 5 nitrogen and oxygen atoms in total. The number of ether oxygens (including phenoxy) is 1. The van der Waals surface area contributed by atoms with Crippen LogP contribution in [0.25, 0.3) is 22.5 Å². The van der Waals surface area contributed by atoms with E-state index < -0.39 is 0 Å².